The molecule has 0 atom stereocenters. The molecule has 0 amide bonds. The first-order valence-corrected chi connectivity index (χ1v) is 5.84. The average Bonchev–Trinajstić information content (AvgIpc) is 2.94. The minimum Gasteiger partial charge on any atom is -0.407 e. The fourth-order valence-corrected chi connectivity index (χ4v) is 2.32. The molecule has 4 nitrogen and oxygen atoms in total. The lowest BCUT2D eigenvalue weighted by atomic mass is 10.3. The summed E-state index contributed by atoms with van der Waals surface area (Å²) in [4.78, 5) is 24.3. The second kappa shape index (κ2) is 3.71. The van der Waals surface area contributed by atoms with Crippen molar-refractivity contribution in [3.63, 3.8) is 0 Å². The molecule has 0 unspecified atom stereocenters. The number of rotatable bonds is 1. The zero-order valence-corrected chi connectivity index (χ0v) is 9.44. The van der Waals surface area contributed by atoms with Crippen LogP contribution >= 0.6 is 11.3 Å². The van der Waals surface area contributed by atoms with Crippen molar-refractivity contribution in [3.8, 4) is 0 Å². The summed E-state index contributed by atoms with van der Waals surface area (Å²) in [7, 11) is 0. The van der Waals surface area contributed by atoms with E-state index in [0.717, 1.165) is 4.57 Å². The van der Waals surface area contributed by atoms with Crippen molar-refractivity contribution in [2.45, 2.75) is 0 Å². The molecule has 0 saturated heterocycles. The van der Waals surface area contributed by atoms with Crippen LogP contribution in [0.15, 0.2) is 51.0 Å². The maximum absolute atomic E-state index is 12.1. The lowest BCUT2D eigenvalue weighted by molar-refractivity contribution is 0.0960. The van der Waals surface area contributed by atoms with Crippen LogP contribution in [-0.2, 0) is 0 Å². The zero-order valence-electron chi connectivity index (χ0n) is 8.62. The Morgan fingerprint density at radius 3 is 2.76 bits per heavy atom. The van der Waals surface area contributed by atoms with Crippen LogP contribution in [0.3, 0.4) is 0 Å². The topological polar surface area (TPSA) is 52.2 Å². The Morgan fingerprint density at radius 2 is 2.00 bits per heavy atom. The number of thiophene rings is 1. The largest absolute Gasteiger partial charge is 0.427 e. The highest BCUT2D eigenvalue weighted by Crippen LogP contribution is 2.16. The summed E-state index contributed by atoms with van der Waals surface area (Å²) in [6, 6.07) is 10.3. The highest BCUT2D eigenvalue weighted by Gasteiger charge is 2.17. The number of fused-ring (bicyclic) bond motifs is 1. The molecule has 0 aliphatic rings. The smallest absolute Gasteiger partial charge is 0.407 e. The summed E-state index contributed by atoms with van der Waals surface area (Å²) in [6.07, 6.45) is 0. The Hall–Kier alpha value is -2.14. The molecule has 0 saturated carbocycles. The van der Waals surface area contributed by atoms with Crippen molar-refractivity contribution in [1.29, 1.82) is 0 Å². The molecule has 0 aliphatic carbocycles. The molecule has 0 aliphatic heterocycles. The van der Waals surface area contributed by atoms with Crippen molar-refractivity contribution in [2.75, 3.05) is 0 Å². The summed E-state index contributed by atoms with van der Waals surface area (Å²) in [5.41, 5.74) is 0.915. The molecule has 0 spiro atoms. The fourth-order valence-electron chi connectivity index (χ4n) is 1.67. The highest BCUT2D eigenvalue weighted by molar-refractivity contribution is 7.12. The third-order valence-corrected chi connectivity index (χ3v) is 3.28. The number of nitrogens with zero attached hydrogens (tertiary/aromatic N) is 1. The maximum Gasteiger partial charge on any atom is 0.427 e. The Bertz CT molecular complexity index is 737. The van der Waals surface area contributed by atoms with Gasteiger partial charge in [0.25, 0.3) is 5.91 Å². The molecule has 2 aromatic heterocycles. The lowest BCUT2D eigenvalue weighted by Gasteiger charge is -1.97. The lowest BCUT2D eigenvalue weighted by Crippen LogP contribution is -2.22. The van der Waals surface area contributed by atoms with E-state index in [-0.39, 0.29) is 5.91 Å². The number of para-hydroxylation sites is 2. The van der Waals surface area contributed by atoms with E-state index in [0.29, 0.717) is 16.0 Å². The SMILES string of the molecule is O=C(c1cccs1)n1c(=O)oc2ccccc21. The number of hydrogen-bond acceptors (Lipinski definition) is 4. The molecular weight excluding hydrogens is 238 g/mol. The Balaban J connectivity index is 2.27. The van der Waals surface area contributed by atoms with Crippen LogP contribution in [0.4, 0.5) is 0 Å². The minimum absolute atomic E-state index is 0.352. The summed E-state index contributed by atoms with van der Waals surface area (Å²) < 4.78 is 6.07. The molecular formula is C12H7NO3S. The molecule has 2 heterocycles. The predicted molar refractivity (Wildman–Crippen MR) is 64.5 cm³/mol. The van der Waals surface area contributed by atoms with Gasteiger partial charge in [-0.05, 0) is 23.6 Å². The van der Waals surface area contributed by atoms with Crippen LogP contribution < -0.4 is 5.76 Å². The Kier molecular flexibility index (Phi) is 2.19. The molecule has 3 aromatic rings. The van der Waals surface area contributed by atoms with E-state index in [1.807, 2.05) is 0 Å². The van der Waals surface area contributed by atoms with Crippen molar-refractivity contribution >= 4 is 28.3 Å². The Labute approximate surface area is 99.7 Å². The second-order valence-electron chi connectivity index (χ2n) is 3.45. The molecule has 5 heteroatoms. The quantitative estimate of drug-likeness (QED) is 0.661. The van der Waals surface area contributed by atoms with Gasteiger partial charge in [-0.25, -0.2) is 9.36 Å². The van der Waals surface area contributed by atoms with Gasteiger partial charge in [0.15, 0.2) is 5.58 Å². The van der Waals surface area contributed by atoms with E-state index in [1.165, 1.54) is 11.3 Å². The Morgan fingerprint density at radius 1 is 1.18 bits per heavy atom. The van der Waals surface area contributed by atoms with Gasteiger partial charge in [-0.1, -0.05) is 18.2 Å². The van der Waals surface area contributed by atoms with E-state index in [4.69, 9.17) is 4.42 Å². The third kappa shape index (κ3) is 1.52. The molecule has 17 heavy (non-hydrogen) atoms. The number of benzene rings is 1. The molecule has 3 rings (SSSR count). The second-order valence-corrected chi connectivity index (χ2v) is 4.40. The number of oxazole rings is 1. The number of hydrogen-bond donors (Lipinski definition) is 0. The van der Waals surface area contributed by atoms with Gasteiger partial charge < -0.3 is 4.42 Å². The van der Waals surface area contributed by atoms with E-state index < -0.39 is 5.76 Å². The number of aromatic nitrogens is 1. The first-order chi connectivity index (χ1) is 8.27. The van der Waals surface area contributed by atoms with Crippen LogP contribution in [0.2, 0.25) is 0 Å². The van der Waals surface area contributed by atoms with Crippen LogP contribution in [0.5, 0.6) is 0 Å². The van der Waals surface area contributed by atoms with Gasteiger partial charge in [-0.2, -0.15) is 0 Å². The first kappa shape index (κ1) is 10.0. The summed E-state index contributed by atoms with van der Waals surface area (Å²) in [6.45, 7) is 0. The van der Waals surface area contributed by atoms with E-state index in [9.17, 15) is 9.59 Å². The van der Waals surface area contributed by atoms with Crippen molar-refractivity contribution in [3.05, 3.63) is 57.2 Å². The van der Waals surface area contributed by atoms with Gasteiger partial charge >= 0.3 is 5.76 Å². The van der Waals surface area contributed by atoms with Gasteiger partial charge in [0.1, 0.15) is 0 Å². The van der Waals surface area contributed by atoms with Crippen molar-refractivity contribution < 1.29 is 9.21 Å². The molecule has 0 bridgehead atoms. The number of carbonyl (C=O) groups is 1. The van der Waals surface area contributed by atoms with Crippen LogP contribution in [-0.4, -0.2) is 10.5 Å². The standard InChI is InChI=1S/C12H7NO3S/c14-11(10-6-3-7-17-10)13-8-4-1-2-5-9(8)16-12(13)15/h1-7H. The average molecular weight is 245 g/mol. The van der Waals surface area contributed by atoms with Gasteiger partial charge in [0.05, 0.1) is 10.4 Å². The van der Waals surface area contributed by atoms with E-state index in [2.05, 4.69) is 0 Å². The minimum atomic E-state index is -0.649. The molecule has 0 N–H and O–H groups in total. The normalized spacial score (nSPS) is 10.8. The van der Waals surface area contributed by atoms with Crippen molar-refractivity contribution in [1.82, 2.24) is 4.57 Å². The van der Waals surface area contributed by atoms with Gasteiger partial charge in [0.2, 0.25) is 0 Å². The van der Waals surface area contributed by atoms with Crippen LogP contribution in [0.1, 0.15) is 9.67 Å². The van der Waals surface area contributed by atoms with E-state index in [1.54, 1.807) is 41.8 Å². The molecule has 84 valence electrons. The maximum atomic E-state index is 12.1. The highest BCUT2D eigenvalue weighted by atomic mass is 32.1. The van der Waals surface area contributed by atoms with E-state index >= 15 is 0 Å². The van der Waals surface area contributed by atoms with Gasteiger partial charge in [-0.3, -0.25) is 4.79 Å². The van der Waals surface area contributed by atoms with Crippen LogP contribution in [0, 0.1) is 0 Å². The van der Waals surface area contributed by atoms with Gasteiger partial charge in [-0.15, -0.1) is 11.3 Å². The van der Waals surface area contributed by atoms with Crippen molar-refractivity contribution in [2.24, 2.45) is 0 Å². The third-order valence-electron chi connectivity index (χ3n) is 2.42. The van der Waals surface area contributed by atoms with Crippen LogP contribution in [0.25, 0.3) is 11.1 Å². The first-order valence-electron chi connectivity index (χ1n) is 4.96. The van der Waals surface area contributed by atoms with Gasteiger partial charge in [0, 0.05) is 0 Å². The summed E-state index contributed by atoms with van der Waals surface area (Å²) in [5, 5.41) is 1.79. The summed E-state index contributed by atoms with van der Waals surface area (Å²) >= 11 is 1.30. The fraction of sp³-hybridized carbons (Fsp3) is 0. The zero-order chi connectivity index (χ0) is 11.8. The molecule has 0 radical (unpaired) electrons. The summed E-state index contributed by atoms with van der Waals surface area (Å²) in [5.74, 6) is -1.00. The predicted octanol–water partition coefficient (Wildman–Crippen LogP) is 2.34. The molecule has 1 aromatic carbocycles. The molecule has 0 fully saturated rings. The number of carbonyl (C=O) groups excluding carboxylic acids is 1. The monoisotopic (exact) mass is 245 g/mol.